The number of aliphatic hydroxyl groups is 1. The Morgan fingerprint density at radius 2 is 2.08 bits per heavy atom. The Bertz CT molecular complexity index is 748. The predicted octanol–water partition coefficient (Wildman–Crippen LogP) is 1.79. The molecule has 1 unspecified atom stereocenters. The van der Waals surface area contributed by atoms with Gasteiger partial charge in [-0.3, -0.25) is 14.3 Å². The van der Waals surface area contributed by atoms with Crippen LogP contribution in [0.25, 0.3) is 11.2 Å². The van der Waals surface area contributed by atoms with Gasteiger partial charge in [-0.25, -0.2) is 4.98 Å². The fraction of sp³-hybridized carbons (Fsp3) is 0.688. The number of halogens is 1. The molecule has 0 spiro atoms. The first kappa shape index (κ1) is 20.8. The minimum absolute atomic E-state index is 0.00117. The minimum atomic E-state index is -0.477. The summed E-state index contributed by atoms with van der Waals surface area (Å²) in [7, 11) is 0. The fourth-order valence-electron chi connectivity index (χ4n) is 2.47. The summed E-state index contributed by atoms with van der Waals surface area (Å²) in [5, 5.41) is 9.47. The van der Waals surface area contributed by atoms with Crippen LogP contribution in [0.5, 0.6) is 0 Å². The standard InChI is InChI=1S/C16H26BrN5O4/c1-2-3-4-5-6-7-25-9-11(8-23)26-10-22-13-12(19-15(22)17)14(24)21-16(18)20-13/h11,23H,2-10H2,1H3,(H3,18,20,21,24). The van der Waals surface area contributed by atoms with E-state index in [-0.39, 0.29) is 24.8 Å². The van der Waals surface area contributed by atoms with Crippen LogP contribution in [0.2, 0.25) is 0 Å². The van der Waals surface area contributed by atoms with Gasteiger partial charge in [0.25, 0.3) is 5.56 Å². The first-order valence-electron chi connectivity index (χ1n) is 8.78. The lowest BCUT2D eigenvalue weighted by atomic mass is 10.2. The molecule has 2 aromatic heterocycles. The fourth-order valence-corrected chi connectivity index (χ4v) is 2.92. The van der Waals surface area contributed by atoms with E-state index < -0.39 is 11.7 Å². The van der Waals surface area contributed by atoms with E-state index in [9.17, 15) is 9.90 Å². The summed E-state index contributed by atoms with van der Waals surface area (Å²) in [5.74, 6) is 0.00117. The number of H-pyrrole nitrogens is 1. The molecule has 0 aliphatic rings. The van der Waals surface area contributed by atoms with Crippen LogP contribution >= 0.6 is 15.9 Å². The van der Waals surface area contributed by atoms with Crippen molar-refractivity contribution in [2.75, 3.05) is 25.6 Å². The lowest BCUT2D eigenvalue weighted by molar-refractivity contribution is -0.0673. The maximum atomic E-state index is 11.9. The summed E-state index contributed by atoms with van der Waals surface area (Å²) in [4.78, 5) is 22.5. The Kier molecular flexibility index (Phi) is 8.49. The highest BCUT2D eigenvalue weighted by Crippen LogP contribution is 2.17. The van der Waals surface area contributed by atoms with Gasteiger partial charge in [0.1, 0.15) is 12.8 Å². The normalized spacial score (nSPS) is 12.7. The lowest BCUT2D eigenvalue weighted by Gasteiger charge is -2.16. The van der Waals surface area contributed by atoms with Gasteiger partial charge in [-0.05, 0) is 22.4 Å². The van der Waals surface area contributed by atoms with Crippen molar-refractivity contribution in [3.8, 4) is 0 Å². The smallest absolute Gasteiger partial charge is 0.280 e. The highest BCUT2D eigenvalue weighted by Gasteiger charge is 2.16. The summed E-state index contributed by atoms with van der Waals surface area (Å²) < 4.78 is 13.2. The molecule has 0 aromatic carbocycles. The summed E-state index contributed by atoms with van der Waals surface area (Å²) >= 11 is 3.28. The predicted molar refractivity (Wildman–Crippen MR) is 102 cm³/mol. The zero-order chi connectivity index (χ0) is 18.9. The van der Waals surface area contributed by atoms with Gasteiger partial charge < -0.3 is 20.3 Å². The topological polar surface area (TPSA) is 128 Å². The number of anilines is 1. The van der Waals surface area contributed by atoms with Gasteiger partial charge in [-0.15, -0.1) is 0 Å². The molecule has 0 fully saturated rings. The number of hydrogen-bond donors (Lipinski definition) is 3. The van der Waals surface area contributed by atoms with Gasteiger partial charge in [-0.2, -0.15) is 4.98 Å². The highest BCUT2D eigenvalue weighted by molar-refractivity contribution is 9.10. The van der Waals surface area contributed by atoms with E-state index in [1.54, 1.807) is 4.57 Å². The number of fused-ring (bicyclic) bond motifs is 1. The van der Waals surface area contributed by atoms with Gasteiger partial charge in [0.15, 0.2) is 15.9 Å². The quantitative estimate of drug-likeness (QED) is 0.345. The van der Waals surface area contributed by atoms with Gasteiger partial charge in [0.05, 0.1) is 13.2 Å². The third kappa shape index (κ3) is 5.76. The largest absolute Gasteiger partial charge is 0.394 e. The number of ether oxygens (including phenoxy) is 2. The van der Waals surface area contributed by atoms with Crippen molar-refractivity contribution in [2.24, 2.45) is 0 Å². The summed E-state index contributed by atoms with van der Waals surface area (Å²) in [6.07, 6.45) is 5.35. The van der Waals surface area contributed by atoms with Crippen molar-refractivity contribution < 1.29 is 14.6 Å². The van der Waals surface area contributed by atoms with Gasteiger partial charge >= 0.3 is 0 Å². The number of nitrogens with two attached hydrogens (primary N) is 1. The number of aliphatic hydroxyl groups excluding tert-OH is 1. The number of aromatic nitrogens is 4. The van der Waals surface area contributed by atoms with E-state index in [1.807, 2.05) is 0 Å². The Morgan fingerprint density at radius 1 is 1.31 bits per heavy atom. The van der Waals surface area contributed by atoms with Gasteiger partial charge in [-0.1, -0.05) is 32.6 Å². The molecule has 0 bridgehead atoms. The number of imidazole rings is 1. The molecule has 146 valence electrons. The Morgan fingerprint density at radius 3 is 2.81 bits per heavy atom. The molecule has 0 saturated heterocycles. The van der Waals surface area contributed by atoms with Gasteiger partial charge in [0, 0.05) is 6.61 Å². The van der Waals surface area contributed by atoms with Crippen LogP contribution in [0.1, 0.15) is 39.0 Å². The summed E-state index contributed by atoms with van der Waals surface area (Å²) in [6.45, 7) is 3.01. The van der Waals surface area contributed by atoms with Crippen LogP contribution in [0, 0.1) is 0 Å². The van der Waals surface area contributed by atoms with E-state index in [0.29, 0.717) is 23.6 Å². The van der Waals surface area contributed by atoms with Crippen molar-refractivity contribution in [2.45, 2.75) is 51.9 Å². The molecule has 0 saturated carbocycles. The second-order valence-electron chi connectivity index (χ2n) is 6.02. The molecule has 0 amide bonds. The Labute approximate surface area is 160 Å². The zero-order valence-electron chi connectivity index (χ0n) is 14.9. The zero-order valence-corrected chi connectivity index (χ0v) is 16.5. The molecule has 1 atom stereocenters. The van der Waals surface area contributed by atoms with Crippen LogP contribution < -0.4 is 11.3 Å². The highest BCUT2D eigenvalue weighted by atomic mass is 79.9. The third-order valence-corrected chi connectivity index (χ3v) is 4.52. The number of aromatic amines is 1. The molecule has 10 heteroatoms. The molecule has 0 aliphatic heterocycles. The monoisotopic (exact) mass is 431 g/mol. The molecular weight excluding hydrogens is 406 g/mol. The maximum absolute atomic E-state index is 11.9. The molecule has 2 rings (SSSR count). The van der Waals surface area contributed by atoms with E-state index in [4.69, 9.17) is 15.2 Å². The summed E-state index contributed by atoms with van der Waals surface area (Å²) in [5.41, 5.74) is 5.64. The second-order valence-corrected chi connectivity index (χ2v) is 6.73. The van der Waals surface area contributed by atoms with Gasteiger partial charge in [0.2, 0.25) is 5.95 Å². The lowest BCUT2D eigenvalue weighted by Crippen LogP contribution is -2.25. The SMILES string of the molecule is CCCCCCCOCC(CO)OCn1c(Br)nc2c(=O)[nH]c(N)nc21. The number of rotatable bonds is 12. The Hall–Kier alpha value is -1.49. The van der Waals surface area contributed by atoms with E-state index in [0.717, 1.165) is 12.8 Å². The minimum Gasteiger partial charge on any atom is -0.394 e. The Balaban J connectivity index is 1.85. The maximum Gasteiger partial charge on any atom is 0.280 e. The van der Waals surface area contributed by atoms with Crippen molar-refractivity contribution >= 4 is 33.0 Å². The first-order chi connectivity index (χ1) is 12.6. The van der Waals surface area contributed by atoms with Crippen molar-refractivity contribution in [3.63, 3.8) is 0 Å². The number of nitrogen functional groups attached to an aromatic ring is 1. The van der Waals surface area contributed by atoms with Crippen molar-refractivity contribution in [1.82, 2.24) is 19.5 Å². The van der Waals surface area contributed by atoms with Crippen LogP contribution in [-0.4, -0.2) is 50.6 Å². The van der Waals surface area contributed by atoms with E-state index in [2.05, 4.69) is 37.8 Å². The third-order valence-electron chi connectivity index (χ3n) is 3.92. The molecule has 9 nitrogen and oxygen atoms in total. The molecule has 0 aliphatic carbocycles. The average Bonchev–Trinajstić information content (AvgIpc) is 2.93. The summed E-state index contributed by atoms with van der Waals surface area (Å²) in [6, 6.07) is 0. The van der Waals surface area contributed by atoms with Crippen molar-refractivity contribution in [1.29, 1.82) is 0 Å². The number of hydrogen-bond acceptors (Lipinski definition) is 7. The number of unbranched alkanes of at least 4 members (excludes halogenated alkanes) is 4. The molecule has 4 N–H and O–H groups in total. The number of nitrogens with one attached hydrogen (secondary N) is 1. The molecule has 2 heterocycles. The second kappa shape index (κ2) is 10.6. The molecule has 26 heavy (non-hydrogen) atoms. The van der Waals surface area contributed by atoms with Crippen LogP contribution in [0.4, 0.5) is 5.95 Å². The average molecular weight is 432 g/mol. The van der Waals surface area contributed by atoms with Crippen LogP contribution in [0.3, 0.4) is 0 Å². The van der Waals surface area contributed by atoms with Crippen LogP contribution in [0.15, 0.2) is 9.53 Å². The molecular formula is C16H26BrN5O4. The molecule has 0 radical (unpaired) electrons. The van der Waals surface area contributed by atoms with Crippen LogP contribution in [-0.2, 0) is 16.2 Å². The van der Waals surface area contributed by atoms with E-state index >= 15 is 0 Å². The number of nitrogens with zero attached hydrogens (tertiary/aromatic N) is 3. The molecule has 2 aromatic rings. The first-order valence-corrected chi connectivity index (χ1v) is 9.57. The van der Waals surface area contributed by atoms with E-state index in [1.165, 1.54) is 19.3 Å². The van der Waals surface area contributed by atoms with Crippen molar-refractivity contribution in [3.05, 3.63) is 15.1 Å².